The van der Waals surface area contributed by atoms with E-state index in [0.29, 0.717) is 12.4 Å². The summed E-state index contributed by atoms with van der Waals surface area (Å²) in [6.45, 7) is 2.18. The molecule has 2 aromatic carbocycles. The van der Waals surface area contributed by atoms with Crippen LogP contribution >= 0.6 is 0 Å². The van der Waals surface area contributed by atoms with Crippen LogP contribution in [0.25, 0.3) is 0 Å². The van der Waals surface area contributed by atoms with E-state index in [2.05, 4.69) is 21.7 Å². The summed E-state index contributed by atoms with van der Waals surface area (Å²) in [4.78, 5) is 4.23. The van der Waals surface area contributed by atoms with Crippen molar-refractivity contribution in [2.45, 2.75) is 19.3 Å². The topological polar surface area (TPSA) is 54.9 Å². The summed E-state index contributed by atoms with van der Waals surface area (Å²) >= 11 is 0. The maximum absolute atomic E-state index is 12.8. The molecule has 0 saturated heterocycles. The average molecular weight is 373 g/mol. The molecule has 0 aliphatic rings. The van der Waals surface area contributed by atoms with E-state index in [-0.39, 0.29) is 5.82 Å². The number of guanidine groups is 1. The van der Waals surface area contributed by atoms with E-state index in [4.69, 9.17) is 9.47 Å². The average Bonchev–Trinajstić information content (AvgIpc) is 2.70. The van der Waals surface area contributed by atoms with E-state index < -0.39 is 0 Å². The molecule has 2 rings (SSSR count). The highest BCUT2D eigenvalue weighted by atomic mass is 19.1. The molecule has 0 bridgehead atoms. The highest BCUT2D eigenvalue weighted by molar-refractivity contribution is 5.79. The number of nitrogens with zero attached hydrogens (tertiary/aromatic N) is 1. The molecular weight excluding hydrogens is 345 g/mol. The van der Waals surface area contributed by atoms with Gasteiger partial charge in [0.25, 0.3) is 0 Å². The lowest BCUT2D eigenvalue weighted by molar-refractivity contribution is 0.306. The number of rotatable bonds is 10. The molecule has 0 saturated carbocycles. The van der Waals surface area contributed by atoms with Gasteiger partial charge in [0.15, 0.2) is 5.96 Å². The zero-order valence-electron chi connectivity index (χ0n) is 16.0. The van der Waals surface area contributed by atoms with E-state index in [0.717, 1.165) is 44.1 Å². The largest absolute Gasteiger partial charge is 0.496 e. The van der Waals surface area contributed by atoms with Gasteiger partial charge in [-0.05, 0) is 55.2 Å². The molecule has 0 atom stereocenters. The minimum atomic E-state index is -0.254. The van der Waals surface area contributed by atoms with Crippen molar-refractivity contribution in [3.63, 3.8) is 0 Å². The van der Waals surface area contributed by atoms with Gasteiger partial charge in [-0.3, -0.25) is 4.99 Å². The summed E-state index contributed by atoms with van der Waals surface area (Å²) < 4.78 is 23.8. The number of nitrogens with one attached hydrogen (secondary N) is 2. The van der Waals surface area contributed by atoms with Crippen LogP contribution in [0.1, 0.15) is 18.4 Å². The van der Waals surface area contributed by atoms with Crippen LogP contribution in [0, 0.1) is 5.82 Å². The molecule has 27 heavy (non-hydrogen) atoms. The van der Waals surface area contributed by atoms with Gasteiger partial charge in [0.2, 0.25) is 0 Å². The Morgan fingerprint density at radius 2 is 1.74 bits per heavy atom. The summed E-state index contributed by atoms with van der Waals surface area (Å²) in [6.07, 6.45) is 2.72. The molecule has 6 heteroatoms. The van der Waals surface area contributed by atoms with Crippen molar-refractivity contribution in [3.8, 4) is 11.5 Å². The van der Waals surface area contributed by atoms with E-state index in [9.17, 15) is 4.39 Å². The predicted octanol–water partition coefficient (Wildman–Crippen LogP) is 3.40. The number of methoxy groups -OCH3 is 1. The molecule has 0 fully saturated rings. The van der Waals surface area contributed by atoms with Crippen molar-refractivity contribution >= 4 is 5.96 Å². The van der Waals surface area contributed by atoms with E-state index in [1.54, 1.807) is 26.3 Å². The monoisotopic (exact) mass is 373 g/mol. The molecule has 146 valence electrons. The molecular formula is C21H28FN3O2. The Balaban J connectivity index is 1.58. The lowest BCUT2D eigenvalue weighted by Gasteiger charge is -2.13. The zero-order valence-corrected chi connectivity index (χ0v) is 16.0. The van der Waals surface area contributed by atoms with Gasteiger partial charge in [0, 0.05) is 20.1 Å². The Morgan fingerprint density at radius 1 is 1.00 bits per heavy atom. The van der Waals surface area contributed by atoms with Crippen LogP contribution in [-0.4, -0.2) is 39.8 Å². The normalized spacial score (nSPS) is 11.1. The Labute approximate surface area is 160 Å². The first-order chi connectivity index (χ1) is 13.2. The third kappa shape index (κ3) is 7.56. The minimum Gasteiger partial charge on any atom is -0.496 e. The quantitative estimate of drug-likeness (QED) is 0.381. The molecule has 5 nitrogen and oxygen atoms in total. The van der Waals surface area contributed by atoms with E-state index in [1.807, 2.05) is 18.2 Å². The van der Waals surface area contributed by atoms with Gasteiger partial charge in [-0.1, -0.05) is 18.2 Å². The molecule has 0 unspecified atom stereocenters. The molecule has 0 aliphatic carbocycles. The summed E-state index contributed by atoms with van der Waals surface area (Å²) in [5.41, 5.74) is 1.17. The third-order valence-electron chi connectivity index (χ3n) is 4.05. The van der Waals surface area contributed by atoms with Gasteiger partial charge in [0.1, 0.15) is 17.3 Å². The van der Waals surface area contributed by atoms with Gasteiger partial charge >= 0.3 is 0 Å². The maximum Gasteiger partial charge on any atom is 0.190 e. The van der Waals surface area contributed by atoms with Gasteiger partial charge < -0.3 is 20.1 Å². The third-order valence-corrected chi connectivity index (χ3v) is 4.05. The summed E-state index contributed by atoms with van der Waals surface area (Å²) in [6, 6.07) is 14.1. The van der Waals surface area contributed by atoms with Crippen LogP contribution in [0.15, 0.2) is 53.5 Å². The Hall–Kier alpha value is -2.76. The molecule has 0 amide bonds. The summed E-state index contributed by atoms with van der Waals surface area (Å²) in [5.74, 6) is 2.13. The smallest absolute Gasteiger partial charge is 0.190 e. The standard InChI is InChI=1S/C21H28FN3O2/c1-23-21(25-15-13-17-7-3-4-8-20(17)26-2)24-14-5-6-16-27-19-11-9-18(22)10-12-19/h3-4,7-12H,5-6,13-16H2,1-2H3,(H2,23,24,25). The number of hydrogen-bond acceptors (Lipinski definition) is 3. The first-order valence-electron chi connectivity index (χ1n) is 9.17. The van der Waals surface area contributed by atoms with Crippen LogP contribution in [-0.2, 0) is 6.42 Å². The Kier molecular flexibility index (Phi) is 8.96. The SMILES string of the molecule is CN=C(NCCCCOc1ccc(F)cc1)NCCc1ccccc1OC. The minimum absolute atomic E-state index is 0.254. The molecule has 0 radical (unpaired) electrons. The van der Waals surface area contributed by atoms with Crippen molar-refractivity contribution in [2.75, 3.05) is 33.9 Å². The van der Waals surface area contributed by atoms with Gasteiger partial charge in [-0.2, -0.15) is 0 Å². The van der Waals surface area contributed by atoms with E-state index >= 15 is 0 Å². The molecule has 0 aliphatic heterocycles. The number of hydrogen-bond donors (Lipinski definition) is 2. The molecule has 0 spiro atoms. The first-order valence-corrected chi connectivity index (χ1v) is 9.17. The first kappa shape index (κ1) is 20.6. The van der Waals surface area contributed by atoms with Crippen molar-refractivity contribution in [3.05, 3.63) is 59.9 Å². The summed E-state index contributed by atoms with van der Waals surface area (Å²) in [7, 11) is 3.45. The number of unbranched alkanes of at least 4 members (excludes halogenated alkanes) is 1. The van der Waals surface area contributed by atoms with Gasteiger partial charge in [-0.15, -0.1) is 0 Å². The van der Waals surface area contributed by atoms with Crippen LogP contribution in [0.2, 0.25) is 0 Å². The Morgan fingerprint density at radius 3 is 2.48 bits per heavy atom. The Bertz CT molecular complexity index is 705. The van der Waals surface area contributed by atoms with Crippen molar-refractivity contribution < 1.29 is 13.9 Å². The highest BCUT2D eigenvalue weighted by Crippen LogP contribution is 2.17. The van der Waals surface area contributed by atoms with Gasteiger partial charge in [-0.25, -0.2) is 4.39 Å². The number of benzene rings is 2. The lowest BCUT2D eigenvalue weighted by atomic mass is 10.1. The highest BCUT2D eigenvalue weighted by Gasteiger charge is 2.02. The summed E-state index contributed by atoms with van der Waals surface area (Å²) in [5, 5.41) is 6.60. The molecule has 0 aromatic heterocycles. The zero-order chi connectivity index (χ0) is 19.3. The van der Waals surface area contributed by atoms with E-state index in [1.165, 1.54) is 17.7 Å². The van der Waals surface area contributed by atoms with Gasteiger partial charge in [0.05, 0.1) is 13.7 Å². The van der Waals surface area contributed by atoms with Crippen molar-refractivity contribution in [1.29, 1.82) is 0 Å². The number of aliphatic imine (C=N–C) groups is 1. The van der Waals surface area contributed by atoms with Crippen LogP contribution < -0.4 is 20.1 Å². The number of ether oxygens (including phenoxy) is 2. The lowest BCUT2D eigenvalue weighted by Crippen LogP contribution is -2.38. The fourth-order valence-corrected chi connectivity index (χ4v) is 2.60. The second kappa shape index (κ2) is 11.8. The second-order valence-corrected chi connectivity index (χ2v) is 6.00. The fraction of sp³-hybridized carbons (Fsp3) is 0.381. The van der Waals surface area contributed by atoms with Crippen molar-refractivity contribution in [1.82, 2.24) is 10.6 Å². The number of halogens is 1. The predicted molar refractivity (Wildman–Crippen MR) is 107 cm³/mol. The van der Waals surface area contributed by atoms with Crippen LogP contribution in [0.3, 0.4) is 0 Å². The van der Waals surface area contributed by atoms with Crippen LogP contribution in [0.5, 0.6) is 11.5 Å². The molecule has 2 aromatic rings. The van der Waals surface area contributed by atoms with Crippen LogP contribution in [0.4, 0.5) is 4.39 Å². The second-order valence-electron chi connectivity index (χ2n) is 6.00. The fourth-order valence-electron chi connectivity index (χ4n) is 2.60. The number of para-hydroxylation sites is 1. The molecule has 0 heterocycles. The molecule has 2 N–H and O–H groups in total. The van der Waals surface area contributed by atoms with Crippen molar-refractivity contribution in [2.24, 2.45) is 4.99 Å². The maximum atomic E-state index is 12.8.